The van der Waals surface area contributed by atoms with Crippen molar-refractivity contribution in [1.29, 1.82) is 0 Å². The molecule has 17 heavy (non-hydrogen) atoms. The van der Waals surface area contributed by atoms with Crippen LogP contribution in [0.4, 0.5) is 11.4 Å². The summed E-state index contributed by atoms with van der Waals surface area (Å²) >= 11 is 0. The van der Waals surface area contributed by atoms with E-state index in [9.17, 15) is 0 Å². The molecule has 2 heteroatoms. The van der Waals surface area contributed by atoms with E-state index >= 15 is 0 Å². The Kier molecular flexibility index (Phi) is 2.47. The molecular formula is C15H12N2. The predicted octanol–water partition coefficient (Wildman–Crippen LogP) is 3.98. The first-order valence-electron chi connectivity index (χ1n) is 5.59. The molecule has 2 nitrogen and oxygen atoms in total. The van der Waals surface area contributed by atoms with Crippen molar-refractivity contribution in [3.8, 4) is 0 Å². The van der Waals surface area contributed by atoms with Gasteiger partial charge in [0.2, 0.25) is 0 Å². The summed E-state index contributed by atoms with van der Waals surface area (Å²) in [7, 11) is 0. The lowest BCUT2D eigenvalue weighted by Gasteiger charge is -2.06. The summed E-state index contributed by atoms with van der Waals surface area (Å²) in [5, 5.41) is 4.51. The van der Waals surface area contributed by atoms with Crippen LogP contribution in [0.15, 0.2) is 66.9 Å². The number of rotatable bonds is 2. The summed E-state index contributed by atoms with van der Waals surface area (Å²) in [5.41, 5.74) is 3.15. The molecule has 0 bridgehead atoms. The molecule has 0 aliphatic rings. The number of hydrogen-bond acceptors (Lipinski definition) is 2. The van der Waals surface area contributed by atoms with Gasteiger partial charge in [-0.1, -0.05) is 30.3 Å². The Labute approximate surface area is 99.9 Å². The fourth-order valence-corrected chi connectivity index (χ4v) is 1.83. The summed E-state index contributed by atoms with van der Waals surface area (Å²) in [6.45, 7) is 0. The number of anilines is 2. The second kappa shape index (κ2) is 4.26. The summed E-state index contributed by atoms with van der Waals surface area (Å²) in [6.07, 6.45) is 1.81. The Morgan fingerprint density at radius 3 is 2.53 bits per heavy atom. The quantitative estimate of drug-likeness (QED) is 0.706. The maximum absolute atomic E-state index is 4.34. The third-order valence-electron chi connectivity index (χ3n) is 2.67. The van der Waals surface area contributed by atoms with Crippen LogP contribution < -0.4 is 5.32 Å². The van der Waals surface area contributed by atoms with Crippen molar-refractivity contribution in [2.24, 2.45) is 0 Å². The molecule has 0 atom stereocenters. The third kappa shape index (κ3) is 2.11. The number of hydrogen-bond donors (Lipinski definition) is 1. The number of aromatic nitrogens is 1. The SMILES string of the molecule is c1ccc(Nc2ccc3cccnc3c2)cc1. The van der Waals surface area contributed by atoms with Crippen LogP contribution in [0.25, 0.3) is 10.9 Å². The number of nitrogens with zero attached hydrogens (tertiary/aromatic N) is 1. The zero-order chi connectivity index (χ0) is 11.5. The molecule has 3 aromatic rings. The van der Waals surface area contributed by atoms with Crippen LogP contribution in [0.2, 0.25) is 0 Å². The average Bonchev–Trinajstić information content (AvgIpc) is 2.40. The molecule has 0 fully saturated rings. The number of pyridine rings is 1. The van der Waals surface area contributed by atoms with Gasteiger partial charge in [0.15, 0.2) is 0 Å². The van der Waals surface area contributed by atoms with Gasteiger partial charge in [0.1, 0.15) is 0 Å². The van der Waals surface area contributed by atoms with Crippen molar-refractivity contribution >= 4 is 22.3 Å². The molecule has 0 spiro atoms. The van der Waals surface area contributed by atoms with Gasteiger partial charge in [-0.2, -0.15) is 0 Å². The summed E-state index contributed by atoms with van der Waals surface area (Å²) in [6, 6.07) is 20.3. The standard InChI is InChI=1S/C15H12N2/c1-2-6-13(7-3-1)17-14-9-8-12-5-4-10-16-15(12)11-14/h1-11,17H. The summed E-state index contributed by atoms with van der Waals surface area (Å²) < 4.78 is 0. The van der Waals surface area contributed by atoms with Crippen LogP contribution in [0.3, 0.4) is 0 Å². The van der Waals surface area contributed by atoms with Crippen molar-refractivity contribution < 1.29 is 0 Å². The Balaban J connectivity index is 1.96. The van der Waals surface area contributed by atoms with E-state index in [1.165, 1.54) is 0 Å². The van der Waals surface area contributed by atoms with Crippen molar-refractivity contribution in [2.75, 3.05) is 5.32 Å². The van der Waals surface area contributed by atoms with Gasteiger partial charge in [-0.25, -0.2) is 0 Å². The van der Waals surface area contributed by atoms with E-state index in [2.05, 4.69) is 34.6 Å². The molecule has 0 amide bonds. The van der Waals surface area contributed by atoms with Gasteiger partial charge in [0, 0.05) is 23.0 Å². The molecule has 2 aromatic carbocycles. The lowest BCUT2D eigenvalue weighted by Crippen LogP contribution is -1.89. The zero-order valence-corrected chi connectivity index (χ0v) is 9.30. The normalized spacial score (nSPS) is 10.4. The Hall–Kier alpha value is -2.35. The molecule has 0 aliphatic heterocycles. The fourth-order valence-electron chi connectivity index (χ4n) is 1.83. The van der Waals surface area contributed by atoms with Gasteiger partial charge in [0.05, 0.1) is 5.52 Å². The van der Waals surface area contributed by atoms with Crippen LogP contribution in [0.1, 0.15) is 0 Å². The largest absolute Gasteiger partial charge is 0.355 e. The fraction of sp³-hybridized carbons (Fsp3) is 0. The van der Waals surface area contributed by atoms with Crippen LogP contribution in [0.5, 0.6) is 0 Å². The molecule has 1 heterocycles. The van der Waals surface area contributed by atoms with Gasteiger partial charge >= 0.3 is 0 Å². The highest BCUT2D eigenvalue weighted by Crippen LogP contribution is 2.20. The highest BCUT2D eigenvalue weighted by Gasteiger charge is 1.97. The summed E-state index contributed by atoms with van der Waals surface area (Å²) in [5.74, 6) is 0. The highest BCUT2D eigenvalue weighted by atomic mass is 14.9. The lowest BCUT2D eigenvalue weighted by molar-refractivity contribution is 1.41. The Morgan fingerprint density at radius 1 is 0.765 bits per heavy atom. The molecule has 3 rings (SSSR count). The molecule has 0 saturated heterocycles. The van der Waals surface area contributed by atoms with E-state index in [0.717, 1.165) is 22.3 Å². The van der Waals surface area contributed by atoms with Crippen molar-refractivity contribution in [2.45, 2.75) is 0 Å². The van der Waals surface area contributed by atoms with E-state index in [1.807, 2.05) is 42.6 Å². The lowest BCUT2D eigenvalue weighted by atomic mass is 10.2. The monoisotopic (exact) mass is 220 g/mol. The first kappa shape index (κ1) is 9.85. The minimum atomic E-state index is 1.01. The molecule has 0 unspecified atom stereocenters. The molecule has 1 aromatic heterocycles. The molecule has 0 radical (unpaired) electrons. The van der Waals surface area contributed by atoms with Gasteiger partial charge in [-0.15, -0.1) is 0 Å². The van der Waals surface area contributed by atoms with Gasteiger partial charge < -0.3 is 5.32 Å². The topological polar surface area (TPSA) is 24.9 Å². The second-order valence-corrected chi connectivity index (χ2v) is 3.90. The van der Waals surface area contributed by atoms with E-state index in [0.29, 0.717) is 0 Å². The number of fused-ring (bicyclic) bond motifs is 1. The van der Waals surface area contributed by atoms with Crippen LogP contribution in [-0.2, 0) is 0 Å². The molecule has 1 N–H and O–H groups in total. The van der Waals surface area contributed by atoms with Gasteiger partial charge in [-0.05, 0) is 30.3 Å². The molecule has 0 saturated carbocycles. The van der Waals surface area contributed by atoms with Gasteiger partial charge in [0.25, 0.3) is 0 Å². The van der Waals surface area contributed by atoms with E-state index in [4.69, 9.17) is 0 Å². The molecule has 0 aliphatic carbocycles. The smallest absolute Gasteiger partial charge is 0.0722 e. The summed E-state index contributed by atoms with van der Waals surface area (Å²) in [4.78, 5) is 4.34. The number of para-hydroxylation sites is 1. The first-order valence-corrected chi connectivity index (χ1v) is 5.59. The molecule has 82 valence electrons. The maximum atomic E-state index is 4.34. The van der Waals surface area contributed by atoms with E-state index in [1.54, 1.807) is 0 Å². The maximum Gasteiger partial charge on any atom is 0.0722 e. The van der Waals surface area contributed by atoms with Crippen LogP contribution in [0, 0.1) is 0 Å². The van der Waals surface area contributed by atoms with Crippen LogP contribution in [-0.4, -0.2) is 4.98 Å². The Morgan fingerprint density at radius 2 is 1.65 bits per heavy atom. The minimum Gasteiger partial charge on any atom is -0.355 e. The number of benzene rings is 2. The number of nitrogens with one attached hydrogen (secondary N) is 1. The highest BCUT2D eigenvalue weighted by molar-refractivity contribution is 5.82. The average molecular weight is 220 g/mol. The van der Waals surface area contributed by atoms with E-state index in [-0.39, 0.29) is 0 Å². The third-order valence-corrected chi connectivity index (χ3v) is 2.67. The molecular weight excluding hydrogens is 208 g/mol. The second-order valence-electron chi connectivity index (χ2n) is 3.90. The minimum absolute atomic E-state index is 1.01. The first-order chi connectivity index (χ1) is 8.42. The van der Waals surface area contributed by atoms with Crippen molar-refractivity contribution in [3.05, 3.63) is 66.9 Å². The van der Waals surface area contributed by atoms with Crippen LogP contribution >= 0.6 is 0 Å². The zero-order valence-electron chi connectivity index (χ0n) is 9.30. The predicted molar refractivity (Wildman–Crippen MR) is 71.5 cm³/mol. The Bertz CT molecular complexity index is 633. The van der Waals surface area contributed by atoms with E-state index < -0.39 is 0 Å². The van der Waals surface area contributed by atoms with Crippen molar-refractivity contribution in [3.63, 3.8) is 0 Å². The van der Waals surface area contributed by atoms with Gasteiger partial charge in [-0.3, -0.25) is 4.98 Å². The van der Waals surface area contributed by atoms with Crippen molar-refractivity contribution in [1.82, 2.24) is 4.98 Å².